The molecule has 172 valence electrons. The lowest BCUT2D eigenvalue weighted by Crippen LogP contribution is -2.43. The van der Waals surface area contributed by atoms with Crippen LogP contribution in [0.15, 0.2) is 72.8 Å². The molecule has 3 aromatic carbocycles. The number of rotatable bonds is 4. The predicted octanol–water partition coefficient (Wildman–Crippen LogP) is 5.66. The Balaban J connectivity index is 1.55. The molecule has 0 fully saturated rings. The first-order valence-electron chi connectivity index (χ1n) is 11.3. The molecule has 5 rings (SSSR count). The molecule has 1 atom stereocenters. The summed E-state index contributed by atoms with van der Waals surface area (Å²) in [5.74, 6) is -0.899. The number of hydrogen-bond acceptors (Lipinski definition) is 3. The van der Waals surface area contributed by atoms with Gasteiger partial charge < -0.3 is 19.9 Å². The average Bonchev–Trinajstić information content (AvgIpc) is 3.23. The van der Waals surface area contributed by atoms with E-state index in [2.05, 4.69) is 10.3 Å². The number of amides is 2. The van der Waals surface area contributed by atoms with Crippen molar-refractivity contribution in [2.24, 2.45) is 0 Å². The number of ether oxygens (including phenoxy) is 1. The number of esters is 1. The minimum Gasteiger partial charge on any atom is -0.462 e. The molecular formula is C27H24FN3O3. The molecular weight excluding hydrogens is 433 g/mol. The van der Waals surface area contributed by atoms with Crippen LogP contribution in [0, 0.1) is 5.82 Å². The van der Waals surface area contributed by atoms with E-state index in [1.807, 2.05) is 24.3 Å². The number of aromatic amines is 1. The summed E-state index contributed by atoms with van der Waals surface area (Å²) in [4.78, 5) is 31.0. The van der Waals surface area contributed by atoms with E-state index in [4.69, 9.17) is 4.74 Å². The molecule has 0 radical (unpaired) electrons. The van der Waals surface area contributed by atoms with Crippen LogP contribution in [0.5, 0.6) is 0 Å². The Kier molecular flexibility index (Phi) is 5.76. The Hall–Kier alpha value is -4.13. The number of hydrogen-bond donors (Lipinski definition) is 2. The third-order valence-electron chi connectivity index (χ3n) is 6.16. The number of carbonyl (C=O) groups is 2. The van der Waals surface area contributed by atoms with E-state index < -0.39 is 18.0 Å². The molecule has 1 aliphatic rings. The van der Waals surface area contributed by atoms with Gasteiger partial charge >= 0.3 is 12.0 Å². The van der Waals surface area contributed by atoms with E-state index in [1.54, 1.807) is 54.3 Å². The molecule has 1 aromatic heterocycles. The fourth-order valence-electron chi connectivity index (χ4n) is 4.65. The average molecular weight is 458 g/mol. The second-order valence-electron chi connectivity index (χ2n) is 8.13. The van der Waals surface area contributed by atoms with Gasteiger partial charge in [-0.1, -0.05) is 48.5 Å². The van der Waals surface area contributed by atoms with Crippen molar-refractivity contribution in [2.45, 2.75) is 19.4 Å². The molecule has 2 N–H and O–H groups in total. The topological polar surface area (TPSA) is 74.4 Å². The Labute approximate surface area is 196 Å². The zero-order valence-corrected chi connectivity index (χ0v) is 18.7. The lowest BCUT2D eigenvalue weighted by molar-refractivity contribution is 0.0527. The lowest BCUT2D eigenvalue weighted by Gasteiger charge is -2.36. The van der Waals surface area contributed by atoms with Gasteiger partial charge in [0.05, 0.1) is 17.9 Å². The first-order chi connectivity index (χ1) is 16.6. The van der Waals surface area contributed by atoms with E-state index >= 15 is 4.39 Å². The summed E-state index contributed by atoms with van der Waals surface area (Å²) < 4.78 is 20.1. The van der Waals surface area contributed by atoms with Crippen molar-refractivity contribution in [1.29, 1.82) is 0 Å². The lowest BCUT2D eigenvalue weighted by atomic mass is 9.92. The third kappa shape index (κ3) is 3.79. The van der Waals surface area contributed by atoms with Crippen molar-refractivity contribution in [2.75, 3.05) is 18.5 Å². The molecule has 0 unspecified atom stereocenters. The first-order valence-corrected chi connectivity index (χ1v) is 11.3. The zero-order valence-electron chi connectivity index (χ0n) is 18.7. The Morgan fingerprint density at radius 2 is 1.79 bits per heavy atom. The Bertz CT molecular complexity index is 1380. The second-order valence-corrected chi connectivity index (χ2v) is 8.13. The van der Waals surface area contributed by atoms with Gasteiger partial charge in [-0.2, -0.15) is 0 Å². The van der Waals surface area contributed by atoms with E-state index in [-0.39, 0.29) is 18.0 Å². The Morgan fingerprint density at radius 1 is 1.06 bits per heavy atom. The number of H-pyrrole nitrogens is 1. The molecule has 1 aliphatic heterocycles. The summed E-state index contributed by atoms with van der Waals surface area (Å²) in [5.41, 5.74) is 3.85. The van der Waals surface area contributed by atoms with Gasteiger partial charge in [-0.25, -0.2) is 14.0 Å². The minimum absolute atomic E-state index is 0.228. The molecule has 34 heavy (non-hydrogen) atoms. The number of aromatic nitrogens is 1. The Morgan fingerprint density at radius 3 is 2.62 bits per heavy atom. The summed E-state index contributed by atoms with van der Waals surface area (Å²) in [6.07, 6.45) is 0.622. The van der Waals surface area contributed by atoms with E-state index in [1.165, 1.54) is 6.07 Å². The molecule has 0 spiro atoms. The van der Waals surface area contributed by atoms with Crippen LogP contribution in [0.4, 0.5) is 14.9 Å². The van der Waals surface area contributed by atoms with Crippen LogP contribution < -0.4 is 5.32 Å². The fourth-order valence-corrected chi connectivity index (χ4v) is 4.65. The molecule has 6 nitrogen and oxygen atoms in total. The largest absolute Gasteiger partial charge is 0.462 e. The van der Waals surface area contributed by atoms with Gasteiger partial charge in [-0.05, 0) is 43.2 Å². The van der Waals surface area contributed by atoms with Crippen LogP contribution in [0.3, 0.4) is 0 Å². The van der Waals surface area contributed by atoms with Crippen LogP contribution in [0.25, 0.3) is 10.9 Å². The van der Waals surface area contributed by atoms with Crippen LogP contribution in [-0.2, 0) is 11.2 Å². The van der Waals surface area contributed by atoms with Crippen LogP contribution in [-0.4, -0.2) is 35.0 Å². The molecule has 2 heterocycles. The summed E-state index contributed by atoms with van der Waals surface area (Å²) in [6, 6.07) is 20.1. The number of halogens is 1. The minimum atomic E-state index is -0.646. The quantitative estimate of drug-likeness (QED) is 0.388. The summed E-state index contributed by atoms with van der Waals surface area (Å²) in [6.45, 7) is 2.34. The van der Waals surface area contributed by atoms with Gasteiger partial charge in [-0.15, -0.1) is 0 Å². The summed E-state index contributed by atoms with van der Waals surface area (Å²) in [5, 5.41) is 3.93. The van der Waals surface area contributed by atoms with E-state index in [0.717, 1.165) is 22.2 Å². The highest BCUT2D eigenvalue weighted by Gasteiger charge is 2.36. The van der Waals surface area contributed by atoms with Crippen molar-refractivity contribution in [3.63, 3.8) is 0 Å². The standard InChI is InChI=1S/C27H24FN3O3/c1-2-34-26(32)20-11-5-8-14-23(20)30-27(33)31-16-15-18-17-9-4-7-13-22(17)29-24(18)25(31)19-10-3-6-12-21(19)28/h3-14,25,29H,2,15-16H2,1H3,(H,30,33)/t25-/m0/s1. The van der Waals surface area contributed by atoms with Gasteiger partial charge in [0, 0.05) is 28.7 Å². The van der Waals surface area contributed by atoms with Gasteiger partial charge in [-0.3, -0.25) is 0 Å². The van der Waals surface area contributed by atoms with Gasteiger partial charge in [0.15, 0.2) is 0 Å². The molecule has 0 saturated carbocycles. The predicted molar refractivity (Wildman–Crippen MR) is 128 cm³/mol. The summed E-state index contributed by atoms with van der Waals surface area (Å²) in [7, 11) is 0. The van der Waals surface area contributed by atoms with Crippen molar-refractivity contribution < 1.29 is 18.7 Å². The summed E-state index contributed by atoms with van der Waals surface area (Å²) >= 11 is 0. The third-order valence-corrected chi connectivity index (χ3v) is 6.16. The van der Waals surface area contributed by atoms with Crippen molar-refractivity contribution >= 4 is 28.6 Å². The number of carbonyl (C=O) groups excluding carboxylic acids is 2. The fraction of sp³-hybridized carbons (Fsp3) is 0.185. The maximum Gasteiger partial charge on any atom is 0.340 e. The van der Waals surface area contributed by atoms with Crippen molar-refractivity contribution in [1.82, 2.24) is 9.88 Å². The maximum absolute atomic E-state index is 15.0. The van der Waals surface area contributed by atoms with Gasteiger partial charge in [0.1, 0.15) is 11.9 Å². The number of anilines is 1. The first kappa shape index (κ1) is 21.7. The van der Waals surface area contributed by atoms with Crippen LogP contribution in [0.2, 0.25) is 0 Å². The smallest absolute Gasteiger partial charge is 0.340 e. The monoisotopic (exact) mass is 457 g/mol. The molecule has 2 amide bonds. The molecule has 0 aliphatic carbocycles. The van der Waals surface area contributed by atoms with Crippen LogP contribution >= 0.6 is 0 Å². The second kappa shape index (κ2) is 9.02. The van der Waals surface area contributed by atoms with Crippen LogP contribution in [0.1, 0.15) is 40.1 Å². The number of fused-ring (bicyclic) bond motifs is 3. The van der Waals surface area contributed by atoms with Crippen molar-refractivity contribution in [3.05, 3.63) is 101 Å². The molecule has 0 saturated heterocycles. The highest BCUT2D eigenvalue weighted by molar-refractivity contribution is 6.01. The molecule has 4 aromatic rings. The normalized spacial score (nSPS) is 15.1. The number of benzene rings is 3. The SMILES string of the molecule is CCOC(=O)c1ccccc1NC(=O)N1CCc2c([nH]c3ccccc23)[C@@H]1c1ccccc1F. The number of para-hydroxylation sites is 2. The van der Waals surface area contributed by atoms with Gasteiger partial charge in [0.25, 0.3) is 0 Å². The highest BCUT2D eigenvalue weighted by Crippen LogP contribution is 2.39. The van der Waals surface area contributed by atoms with E-state index in [9.17, 15) is 9.59 Å². The van der Waals surface area contributed by atoms with Gasteiger partial charge in [0.2, 0.25) is 0 Å². The molecule has 7 heteroatoms. The maximum atomic E-state index is 15.0. The number of nitrogens with zero attached hydrogens (tertiary/aromatic N) is 1. The highest BCUT2D eigenvalue weighted by atomic mass is 19.1. The van der Waals surface area contributed by atoms with E-state index in [0.29, 0.717) is 24.2 Å². The zero-order chi connectivity index (χ0) is 23.7. The number of nitrogens with one attached hydrogen (secondary N) is 2. The number of urea groups is 1. The van der Waals surface area contributed by atoms with Crippen molar-refractivity contribution in [3.8, 4) is 0 Å². The molecule has 0 bridgehead atoms.